The van der Waals surface area contributed by atoms with Gasteiger partial charge >= 0.3 is 5.97 Å². The number of unbranched alkanes of at least 4 members (excludes halogenated alkanes) is 3. The molecule has 19 nitrogen and oxygen atoms in total. The van der Waals surface area contributed by atoms with Gasteiger partial charge in [-0.05, 0) is 252 Å². The number of carboxylic acids is 1. The molecule has 0 amide bonds. The number of Topliss-reactive ketones (excluding diaryl/α,β-unsaturated/α-hetero) is 1. The molecule has 0 radical (unpaired) electrons. The molecule has 9 heterocycles. The fraction of sp³-hybridized carbons (Fsp3) is 0.575. The molecule has 21 heteroatoms. The summed E-state index contributed by atoms with van der Waals surface area (Å²) in [5.41, 5.74) is 11.9. The Labute approximate surface area is 640 Å². The van der Waals surface area contributed by atoms with Crippen LogP contribution in [0.15, 0.2) is 109 Å². The molecular formula is C87H121F2N9O10. The summed E-state index contributed by atoms with van der Waals surface area (Å²) < 4.78 is 64.8. The zero-order valence-corrected chi connectivity index (χ0v) is 65.4. The third-order valence-corrected chi connectivity index (χ3v) is 21.1. The number of nitrogens with zero attached hydrogens (tertiary/aromatic N) is 6. The maximum absolute atomic E-state index is 14.6. The van der Waals surface area contributed by atoms with Crippen molar-refractivity contribution >= 4 is 29.2 Å². The predicted molar refractivity (Wildman–Crippen MR) is 422 cm³/mol. The number of ketones is 1. The van der Waals surface area contributed by atoms with E-state index < -0.39 is 23.9 Å². The summed E-state index contributed by atoms with van der Waals surface area (Å²) in [5.74, 6) is 1.60. The standard InChI is InChI=1S/C30H43N3O3.C29H40FN3O3.C28H38FN3O4/c1-21(2)36-23(4)27-12-5-6-13-28(27)29(22(3)34)33-18-16-26(20-33)35-19-8-7-11-25-15-14-24-10-9-17-31-30(24)32-25;1-20(2)36-19-23-9-11-24(30)17-27(23)28(21(3)34)33-15-13-26(18-33)35-16-5-4-8-25-12-10-22-7-6-14-31-29(22)32-25;1-19(2)36-18-24-23(9-5-10-25(24)29)26(28(33)34)32-15-13-22(17-32)35-16-4-3-8-21-12-11-20-7-6-14-30-27(20)31-21/h5-6,12-15,21,23,26,29,34H,3,7-11,16-20H2,1-2,4H3,(H,31,32);9-12,17,20,26,28H,4-8,13-16,18-19H2,1-3H3,(H,31,32);5,9-12,19,22,26H,3-4,6-8,13-18H2,1-2H3,(H,30,31)(H,33,34)/t23-,26+,29+;26-,28-;22-,26?/m011/s1. The summed E-state index contributed by atoms with van der Waals surface area (Å²) >= 11 is 0. The predicted octanol–water partition coefficient (Wildman–Crippen LogP) is 16.1. The number of aliphatic carboxylic acids is 1. The number of aliphatic hydroxyl groups is 1. The second-order valence-electron chi connectivity index (χ2n) is 30.7. The molecule has 3 aromatic carbocycles. The molecule has 6 aliphatic heterocycles. The first-order chi connectivity index (χ1) is 52.2. The molecule has 1 unspecified atom stereocenters. The molecule has 12 rings (SSSR count). The molecule has 0 saturated carbocycles. The fourth-order valence-electron chi connectivity index (χ4n) is 15.7. The first kappa shape index (κ1) is 83.2. The van der Waals surface area contributed by atoms with E-state index in [-0.39, 0.29) is 72.7 Å². The van der Waals surface area contributed by atoms with E-state index in [9.17, 15) is 28.6 Å². The summed E-state index contributed by atoms with van der Waals surface area (Å²) in [7, 11) is 0. The average Bonchev–Trinajstić information content (AvgIpc) is 1.47. The zero-order chi connectivity index (χ0) is 76.5. The molecule has 7 atom stereocenters. The van der Waals surface area contributed by atoms with Crippen molar-refractivity contribution in [2.75, 3.05) is 94.7 Å². The number of carboxylic acid groups (broad SMARTS) is 1. The molecule has 3 saturated heterocycles. The smallest absolute Gasteiger partial charge is 0.325 e. The van der Waals surface area contributed by atoms with Crippen LogP contribution in [0.25, 0.3) is 0 Å². The lowest BCUT2D eigenvalue weighted by Crippen LogP contribution is -2.34. The summed E-state index contributed by atoms with van der Waals surface area (Å²) in [5, 5.41) is 30.8. The van der Waals surface area contributed by atoms with Crippen molar-refractivity contribution in [1.29, 1.82) is 0 Å². The van der Waals surface area contributed by atoms with Gasteiger partial charge in [0.15, 0.2) is 5.78 Å². The molecule has 6 aromatic rings. The van der Waals surface area contributed by atoms with E-state index >= 15 is 0 Å². The number of hydrogen-bond donors (Lipinski definition) is 5. The Morgan fingerprint density at radius 3 is 1.41 bits per heavy atom. The molecule has 0 spiro atoms. The van der Waals surface area contributed by atoms with Gasteiger partial charge in [0.1, 0.15) is 40.9 Å². The lowest BCUT2D eigenvalue weighted by molar-refractivity contribution is -0.143. The van der Waals surface area contributed by atoms with Crippen molar-refractivity contribution in [2.45, 2.75) is 245 Å². The van der Waals surface area contributed by atoms with E-state index in [1.54, 1.807) is 25.1 Å². The zero-order valence-electron chi connectivity index (χ0n) is 65.4. The van der Waals surface area contributed by atoms with Gasteiger partial charge in [0, 0.05) is 101 Å². The molecule has 5 N–H and O–H groups in total. The number of halogens is 2. The molecule has 3 fully saturated rings. The minimum atomic E-state index is -0.987. The van der Waals surface area contributed by atoms with Gasteiger partial charge < -0.3 is 54.6 Å². The maximum atomic E-state index is 14.6. The number of carbonyl (C=O) groups excluding carboxylic acids is 1. The molecule has 6 aliphatic rings. The minimum absolute atomic E-state index is 0.0130. The van der Waals surface area contributed by atoms with Crippen LogP contribution in [0, 0.1) is 11.6 Å². The number of likely N-dealkylation sites (tertiary alicyclic amines) is 3. The number of nitrogens with one attached hydrogen (secondary N) is 3. The Morgan fingerprint density at radius 2 is 0.963 bits per heavy atom. The number of aryl methyl sites for hydroxylation is 6. The second-order valence-corrected chi connectivity index (χ2v) is 30.7. The van der Waals surface area contributed by atoms with E-state index in [1.165, 1.54) is 47.7 Å². The number of carbonyl (C=O) groups is 2. The third kappa shape index (κ3) is 24.6. The van der Waals surface area contributed by atoms with Crippen molar-refractivity contribution in [2.24, 2.45) is 0 Å². The number of benzene rings is 3. The van der Waals surface area contributed by atoms with Crippen LogP contribution in [0.3, 0.4) is 0 Å². The van der Waals surface area contributed by atoms with Gasteiger partial charge in [0.05, 0.1) is 68.0 Å². The molecule has 0 aliphatic carbocycles. The number of rotatable bonds is 36. The van der Waals surface area contributed by atoms with Crippen LogP contribution in [0.5, 0.6) is 0 Å². The first-order valence-electron chi connectivity index (χ1n) is 40.1. The van der Waals surface area contributed by atoms with Gasteiger partial charge in [-0.2, -0.15) is 0 Å². The largest absolute Gasteiger partial charge is 0.511 e. The summed E-state index contributed by atoms with van der Waals surface area (Å²) in [6.45, 7) is 29.0. The summed E-state index contributed by atoms with van der Waals surface area (Å²) in [6, 6.07) is 28.9. The fourth-order valence-corrected chi connectivity index (χ4v) is 15.7. The van der Waals surface area contributed by atoms with Gasteiger partial charge in [-0.25, -0.2) is 23.7 Å². The van der Waals surface area contributed by atoms with Crippen molar-refractivity contribution in [1.82, 2.24) is 29.7 Å². The molecule has 588 valence electrons. The molecule has 108 heavy (non-hydrogen) atoms. The number of ether oxygens (including phenoxy) is 6. The normalized spacial score (nSPS) is 19.0. The van der Waals surface area contributed by atoms with Crippen LogP contribution in [-0.4, -0.2) is 167 Å². The van der Waals surface area contributed by atoms with Crippen molar-refractivity contribution < 1.29 is 57.0 Å². The number of fused-ring (bicyclic) bond motifs is 3. The third-order valence-electron chi connectivity index (χ3n) is 21.1. The van der Waals surface area contributed by atoms with Crippen molar-refractivity contribution in [3.63, 3.8) is 0 Å². The number of aliphatic hydroxyl groups excluding tert-OH is 1. The average molecular weight is 1490 g/mol. The van der Waals surface area contributed by atoms with Crippen molar-refractivity contribution in [3.05, 3.63) is 188 Å². The number of anilines is 3. The van der Waals surface area contributed by atoms with Gasteiger partial charge in [-0.1, -0.05) is 67.2 Å². The Hall–Kier alpha value is -7.31. The lowest BCUT2D eigenvalue weighted by Gasteiger charge is -2.30. The summed E-state index contributed by atoms with van der Waals surface area (Å²) in [4.78, 5) is 45.6. The van der Waals surface area contributed by atoms with Crippen molar-refractivity contribution in [3.8, 4) is 0 Å². The van der Waals surface area contributed by atoms with Crippen LogP contribution >= 0.6 is 0 Å². The Kier molecular flexibility index (Phi) is 32.5. The SMILES string of the molecule is C=C(O)[C@H](c1ccccc1[C@H](C)OC(C)C)N1CC[C@@H](OCCCCc2ccc3c(n2)NCCC3)C1.CC(=O)[C@H](c1cc(F)ccc1COC(C)C)N1CC[C@@H](OCCCCc2ccc3c(n2)NCCC3)C1.CC(C)OCc1c(F)cccc1C(C(=O)O)N1CC[C@@H](OCCCCc2ccc3c(n2)NCCC3)C1. The van der Waals surface area contributed by atoms with Gasteiger partial charge in [-0.15, -0.1) is 0 Å². The van der Waals surface area contributed by atoms with E-state index in [2.05, 4.69) is 87.8 Å². The number of pyridine rings is 3. The van der Waals surface area contributed by atoms with Crippen LogP contribution in [0.2, 0.25) is 0 Å². The van der Waals surface area contributed by atoms with E-state index in [0.717, 1.165) is 200 Å². The highest BCUT2D eigenvalue weighted by atomic mass is 19.1. The maximum Gasteiger partial charge on any atom is 0.325 e. The molecular weight excluding hydrogens is 1370 g/mol. The number of aromatic nitrogens is 3. The first-order valence-corrected chi connectivity index (χ1v) is 40.1. The van der Waals surface area contributed by atoms with E-state index in [4.69, 9.17) is 43.4 Å². The highest BCUT2D eigenvalue weighted by Crippen LogP contribution is 2.38. The number of hydrogen-bond acceptors (Lipinski definition) is 18. The second kappa shape index (κ2) is 42.2. The van der Waals surface area contributed by atoms with Crippen LogP contribution in [0.4, 0.5) is 26.2 Å². The van der Waals surface area contributed by atoms with Gasteiger partial charge in [0.25, 0.3) is 0 Å². The quantitative estimate of drug-likeness (QED) is 0.0183. The molecule has 3 aromatic heterocycles. The van der Waals surface area contributed by atoms with Gasteiger partial charge in [0.2, 0.25) is 0 Å². The highest BCUT2D eigenvalue weighted by Gasteiger charge is 2.38. The van der Waals surface area contributed by atoms with Crippen LogP contribution in [-0.2, 0) is 89.7 Å². The van der Waals surface area contributed by atoms with E-state index in [0.29, 0.717) is 56.1 Å². The van der Waals surface area contributed by atoms with Crippen LogP contribution in [0.1, 0.15) is 224 Å². The Balaban J connectivity index is 0.000000173. The topological polar surface area (TPSA) is 214 Å². The minimum Gasteiger partial charge on any atom is -0.511 e. The van der Waals surface area contributed by atoms with Gasteiger partial charge in [-0.3, -0.25) is 24.3 Å². The Morgan fingerprint density at radius 1 is 0.519 bits per heavy atom. The summed E-state index contributed by atoms with van der Waals surface area (Å²) in [6.07, 6.45) is 18.6. The monoisotopic (exact) mass is 1490 g/mol. The van der Waals surface area contributed by atoms with Crippen LogP contribution < -0.4 is 16.0 Å². The molecule has 0 bridgehead atoms. The highest BCUT2D eigenvalue weighted by molar-refractivity contribution is 5.83. The Bertz CT molecular complexity index is 3740. The van der Waals surface area contributed by atoms with E-state index in [1.807, 2.05) is 58.6 Å². The lowest BCUT2D eigenvalue weighted by atomic mass is 9.95.